The van der Waals surface area contributed by atoms with Crippen LogP contribution in [-0.4, -0.2) is 32.0 Å². The normalized spacial score (nSPS) is 42.7. The predicted octanol–water partition coefficient (Wildman–Crippen LogP) is -0.706. The molecule has 3 nitrogen and oxygen atoms in total. The van der Waals surface area contributed by atoms with E-state index >= 15 is 0 Å². The van der Waals surface area contributed by atoms with Crippen LogP contribution in [0.5, 0.6) is 0 Å². The maximum atomic E-state index is 5.38. The number of hydrogen-bond acceptors (Lipinski definition) is 3. The fourth-order valence-electron chi connectivity index (χ4n) is 1.50. The summed E-state index contributed by atoms with van der Waals surface area (Å²) in [6.07, 6.45) is 1.66. The van der Waals surface area contributed by atoms with Crippen molar-refractivity contribution in [1.29, 1.82) is 0 Å². The number of rotatable bonds is 0. The second-order valence-corrected chi connectivity index (χ2v) is 2.65. The Bertz CT molecular complexity index is 95.2. The van der Waals surface area contributed by atoms with Crippen LogP contribution < -0.4 is 10.6 Å². The Morgan fingerprint density at radius 2 is 2.44 bits per heavy atom. The summed E-state index contributed by atoms with van der Waals surface area (Å²) in [7, 11) is 0. The van der Waals surface area contributed by atoms with E-state index < -0.39 is 0 Å². The fraction of sp³-hybridized carbons (Fsp3) is 1.00. The lowest BCUT2D eigenvalue weighted by atomic mass is 10.1. The third kappa shape index (κ3) is 0.956. The van der Waals surface area contributed by atoms with Crippen molar-refractivity contribution in [3.63, 3.8) is 0 Å². The zero-order valence-electron chi connectivity index (χ0n) is 5.39. The second-order valence-electron chi connectivity index (χ2n) is 2.65. The molecule has 2 rings (SSSR count). The molecule has 0 amide bonds. The molecule has 0 aromatic rings. The number of piperidine rings is 1. The standard InChI is InChI=1S/C6H12N2O/c1-2-7-3-6-5(1)8-4-9-6/h5-8H,1-4H2. The highest BCUT2D eigenvalue weighted by Gasteiger charge is 2.29. The van der Waals surface area contributed by atoms with Crippen molar-refractivity contribution in [3.8, 4) is 0 Å². The third-order valence-electron chi connectivity index (χ3n) is 2.07. The second kappa shape index (κ2) is 2.25. The molecule has 0 radical (unpaired) electrons. The van der Waals surface area contributed by atoms with Crippen molar-refractivity contribution in [2.75, 3.05) is 19.8 Å². The molecule has 2 saturated heterocycles. The van der Waals surface area contributed by atoms with Gasteiger partial charge in [-0.25, -0.2) is 0 Å². The minimum Gasteiger partial charge on any atom is -0.360 e. The molecule has 0 aromatic heterocycles. The van der Waals surface area contributed by atoms with Crippen molar-refractivity contribution >= 4 is 0 Å². The van der Waals surface area contributed by atoms with Crippen molar-refractivity contribution in [2.24, 2.45) is 0 Å². The van der Waals surface area contributed by atoms with Gasteiger partial charge in [0.15, 0.2) is 0 Å². The lowest BCUT2D eigenvalue weighted by Crippen LogP contribution is -2.45. The van der Waals surface area contributed by atoms with Gasteiger partial charge in [0.2, 0.25) is 0 Å². The number of ether oxygens (including phenoxy) is 1. The molecule has 0 aromatic carbocycles. The number of nitrogens with one attached hydrogen (secondary N) is 2. The third-order valence-corrected chi connectivity index (χ3v) is 2.07. The van der Waals surface area contributed by atoms with Crippen LogP contribution in [0.2, 0.25) is 0 Å². The fourth-order valence-corrected chi connectivity index (χ4v) is 1.50. The van der Waals surface area contributed by atoms with E-state index in [9.17, 15) is 0 Å². The molecule has 0 bridgehead atoms. The SMILES string of the molecule is C1CC2NCOC2CN1. The molecule has 3 heteroatoms. The van der Waals surface area contributed by atoms with Crippen molar-refractivity contribution in [1.82, 2.24) is 10.6 Å². The Labute approximate surface area is 54.8 Å². The molecule has 2 heterocycles. The van der Waals surface area contributed by atoms with Gasteiger partial charge in [0.25, 0.3) is 0 Å². The van der Waals surface area contributed by atoms with Crippen LogP contribution in [0.3, 0.4) is 0 Å². The first-order chi connectivity index (χ1) is 4.47. The van der Waals surface area contributed by atoms with Gasteiger partial charge in [0.05, 0.1) is 12.8 Å². The topological polar surface area (TPSA) is 33.3 Å². The van der Waals surface area contributed by atoms with Crippen LogP contribution in [0.1, 0.15) is 6.42 Å². The monoisotopic (exact) mass is 128 g/mol. The molecule has 9 heavy (non-hydrogen) atoms. The van der Waals surface area contributed by atoms with Gasteiger partial charge in [-0.2, -0.15) is 0 Å². The predicted molar refractivity (Wildman–Crippen MR) is 34.2 cm³/mol. The minimum atomic E-state index is 0.443. The van der Waals surface area contributed by atoms with Gasteiger partial charge in [-0.3, -0.25) is 5.32 Å². The van der Waals surface area contributed by atoms with Gasteiger partial charge in [-0.1, -0.05) is 0 Å². The molecule has 0 aliphatic carbocycles. The minimum absolute atomic E-state index is 0.443. The molecule has 2 unspecified atom stereocenters. The van der Waals surface area contributed by atoms with Crippen LogP contribution in [0.4, 0.5) is 0 Å². The van der Waals surface area contributed by atoms with E-state index in [4.69, 9.17) is 4.74 Å². The quantitative estimate of drug-likeness (QED) is 0.452. The first kappa shape index (κ1) is 5.65. The van der Waals surface area contributed by atoms with E-state index in [2.05, 4.69) is 10.6 Å². The lowest BCUT2D eigenvalue weighted by molar-refractivity contribution is 0.0915. The van der Waals surface area contributed by atoms with Gasteiger partial charge in [0, 0.05) is 12.6 Å². The molecule has 0 spiro atoms. The summed E-state index contributed by atoms with van der Waals surface area (Å²) in [6.45, 7) is 2.91. The van der Waals surface area contributed by atoms with Crippen LogP contribution in [0, 0.1) is 0 Å². The highest BCUT2D eigenvalue weighted by Crippen LogP contribution is 2.11. The Morgan fingerprint density at radius 3 is 3.33 bits per heavy atom. The largest absolute Gasteiger partial charge is 0.360 e. The Balaban J connectivity index is 1.97. The summed E-state index contributed by atoms with van der Waals surface area (Å²) >= 11 is 0. The molecular formula is C6H12N2O. The number of hydrogen-bond donors (Lipinski definition) is 2. The Morgan fingerprint density at radius 1 is 1.44 bits per heavy atom. The molecule has 2 fully saturated rings. The smallest absolute Gasteiger partial charge is 0.0973 e. The van der Waals surface area contributed by atoms with E-state index in [1.807, 2.05) is 0 Å². The van der Waals surface area contributed by atoms with Crippen LogP contribution in [0.15, 0.2) is 0 Å². The average Bonchev–Trinajstić information content (AvgIpc) is 2.33. The van der Waals surface area contributed by atoms with Gasteiger partial charge >= 0.3 is 0 Å². The van der Waals surface area contributed by atoms with Crippen LogP contribution in [0.25, 0.3) is 0 Å². The van der Waals surface area contributed by atoms with Gasteiger partial charge in [-0.15, -0.1) is 0 Å². The summed E-state index contributed by atoms with van der Waals surface area (Å²) in [5.74, 6) is 0. The summed E-state index contributed by atoms with van der Waals surface area (Å²) in [5.41, 5.74) is 0. The van der Waals surface area contributed by atoms with Crippen molar-refractivity contribution in [2.45, 2.75) is 18.6 Å². The summed E-state index contributed by atoms with van der Waals surface area (Å²) in [6, 6.07) is 0.631. The van der Waals surface area contributed by atoms with E-state index in [0.29, 0.717) is 12.1 Å². The van der Waals surface area contributed by atoms with E-state index in [-0.39, 0.29) is 0 Å². The van der Waals surface area contributed by atoms with E-state index in [1.165, 1.54) is 6.42 Å². The van der Waals surface area contributed by atoms with Gasteiger partial charge in [-0.05, 0) is 13.0 Å². The average molecular weight is 128 g/mol. The van der Waals surface area contributed by atoms with Crippen LogP contribution >= 0.6 is 0 Å². The lowest BCUT2D eigenvalue weighted by Gasteiger charge is -2.23. The molecule has 2 aliphatic heterocycles. The highest BCUT2D eigenvalue weighted by molar-refractivity contribution is 4.86. The maximum absolute atomic E-state index is 5.38. The molecule has 0 saturated carbocycles. The molecule has 2 N–H and O–H groups in total. The Kier molecular flexibility index (Phi) is 1.41. The first-order valence-electron chi connectivity index (χ1n) is 3.52. The molecule has 52 valence electrons. The summed E-state index contributed by atoms with van der Waals surface area (Å²) < 4.78 is 5.38. The Hall–Kier alpha value is -0.120. The van der Waals surface area contributed by atoms with E-state index in [1.54, 1.807) is 0 Å². The molecule has 2 aliphatic rings. The van der Waals surface area contributed by atoms with E-state index in [0.717, 1.165) is 19.8 Å². The summed E-state index contributed by atoms with van der Waals surface area (Å²) in [5, 5.41) is 6.59. The number of fused-ring (bicyclic) bond motifs is 1. The zero-order chi connectivity index (χ0) is 6.10. The van der Waals surface area contributed by atoms with Gasteiger partial charge in [0.1, 0.15) is 0 Å². The molecular weight excluding hydrogens is 116 g/mol. The van der Waals surface area contributed by atoms with Crippen molar-refractivity contribution < 1.29 is 4.74 Å². The van der Waals surface area contributed by atoms with Crippen molar-refractivity contribution in [3.05, 3.63) is 0 Å². The van der Waals surface area contributed by atoms with Gasteiger partial charge < -0.3 is 10.1 Å². The first-order valence-corrected chi connectivity index (χ1v) is 3.52. The van der Waals surface area contributed by atoms with Crippen LogP contribution in [-0.2, 0) is 4.74 Å². The molecule has 2 atom stereocenters. The summed E-state index contributed by atoms with van der Waals surface area (Å²) in [4.78, 5) is 0. The zero-order valence-corrected chi connectivity index (χ0v) is 5.39. The maximum Gasteiger partial charge on any atom is 0.0973 e. The highest BCUT2D eigenvalue weighted by atomic mass is 16.5.